The Kier molecular flexibility index (Phi) is 6.84. The van der Waals surface area contributed by atoms with E-state index in [0.29, 0.717) is 6.54 Å². The third-order valence-electron chi connectivity index (χ3n) is 4.20. The fraction of sp³-hybridized carbons (Fsp3) is 0.500. The van der Waals surface area contributed by atoms with Gasteiger partial charge < -0.3 is 16.4 Å². The van der Waals surface area contributed by atoms with Gasteiger partial charge in [0.2, 0.25) is 11.8 Å². The first-order valence-corrected chi connectivity index (χ1v) is 7.41. The lowest BCUT2D eigenvalue weighted by Gasteiger charge is -2.19. The van der Waals surface area contributed by atoms with Crippen LogP contribution in [-0.4, -0.2) is 18.4 Å². The number of hydrogen-bond acceptors (Lipinski definition) is 3. The Morgan fingerprint density at radius 2 is 1.86 bits per heavy atom. The fourth-order valence-electron chi connectivity index (χ4n) is 2.99. The zero-order valence-corrected chi connectivity index (χ0v) is 13.8. The van der Waals surface area contributed by atoms with Crippen molar-refractivity contribution < 1.29 is 9.59 Å². The summed E-state index contributed by atoms with van der Waals surface area (Å²) in [6, 6.07) is 5.50. The van der Waals surface area contributed by atoms with Gasteiger partial charge in [0.1, 0.15) is 0 Å². The zero-order chi connectivity index (χ0) is 15.4. The number of halogens is 1. The highest BCUT2D eigenvalue weighted by Crippen LogP contribution is 2.32. The molecular formula is C16H24ClN3O2. The molecule has 2 rings (SSSR count). The summed E-state index contributed by atoms with van der Waals surface area (Å²) in [5.74, 6) is 0.189. The molecule has 1 aromatic rings. The summed E-state index contributed by atoms with van der Waals surface area (Å²) < 4.78 is 0. The van der Waals surface area contributed by atoms with E-state index in [0.717, 1.165) is 36.2 Å². The molecule has 0 heterocycles. The number of anilines is 2. The number of carbonyl (C=O) groups excluding carboxylic acids is 2. The van der Waals surface area contributed by atoms with Crippen molar-refractivity contribution in [3.05, 3.63) is 23.8 Å². The molecule has 0 saturated heterocycles. The van der Waals surface area contributed by atoms with E-state index in [4.69, 9.17) is 5.73 Å². The summed E-state index contributed by atoms with van der Waals surface area (Å²) in [6.45, 7) is 3.91. The molecular weight excluding hydrogens is 302 g/mol. The van der Waals surface area contributed by atoms with Crippen LogP contribution in [0.1, 0.15) is 31.7 Å². The van der Waals surface area contributed by atoms with E-state index in [1.807, 2.05) is 25.1 Å². The van der Waals surface area contributed by atoms with E-state index >= 15 is 0 Å². The highest BCUT2D eigenvalue weighted by Gasteiger charge is 2.32. The monoisotopic (exact) mass is 325 g/mol. The number of nitrogens with one attached hydrogen (secondary N) is 2. The standard InChI is InChI=1S/C16H23N3O2.ClH/c1-10-14(18-11(2)20)7-4-8-15(10)19-16(21)13-6-3-5-12(13)9-17;/h4,7-8,12-13H,3,5-6,9,17H2,1-2H3,(H,18,20)(H,19,21);1H/t12-,13-;/m1./s1. The molecule has 0 aliphatic heterocycles. The number of amides is 2. The molecule has 6 heteroatoms. The Morgan fingerprint density at radius 3 is 2.45 bits per heavy atom. The molecule has 0 aromatic heterocycles. The van der Waals surface area contributed by atoms with Crippen LogP contribution in [0.4, 0.5) is 11.4 Å². The van der Waals surface area contributed by atoms with Crippen molar-refractivity contribution in [3.63, 3.8) is 0 Å². The van der Waals surface area contributed by atoms with Crippen LogP contribution < -0.4 is 16.4 Å². The number of carbonyl (C=O) groups is 2. The van der Waals surface area contributed by atoms with Gasteiger partial charge in [0.15, 0.2) is 0 Å². The summed E-state index contributed by atoms with van der Waals surface area (Å²) in [4.78, 5) is 23.6. The Balaban J connectivity index is 0.00000242. The maximum atomic E-state index is 12.4. The average Bonchev–Trinajstić information content (AvgIpc) is 2.91. The Hall–Kier alpha value is -1.59. The first kappa shape index (κ1) is 18.5. The minimum absolute atomic E-state index is 0. The van der Waals surface area contributed by atoms with Crippen molar-refractivity contribution in [2.45, 2.75) is 33.1 Å². The highest BCUT2D eigenvalue weighted by atomic mass is 35.5. The molecule has 2 atom stereocenters. The van der Waals surface area contributed by atoms with Crippen molar-refractivity contribution in [2.24, 2.45) is 17.6 Å². The quantitative estimate of drug-likeness (QED) is 0.795. The zero-order valence-electron chi connectivity index (χ0n) is 13.0. The number of hydrogen-bond donors (Lipinski definition) is 3. The summed E-state index contributed by atoms with van der Waals surface area (Å²) in [6.07, 6.45) is 2.99. The minimum atomic E-state index is -0.124. The Labute approximate surface area is 137 Å². The Bertz CT molecular complexity index is 548. The molecule has 1 aliphatic carbocycles. The van der Waals surface area contributed by atoms with Gasteiger partial charge in [0.25, 0.3) is 0 Å². The smallest absolute Gasteiger partial charge is 0.227 e. The van der Waals surface area contributed by atoms with Crippen molar-refractivity contribution in [1.82, 2.24) is 0 Å². The van der Waals surface area contributed by atoms with Gasteiger partial charge in [-0.25, -0.2) is 0 Å². The maximum absolute atomic E-state index is 12.4. The Morgan fingerprint density at radius 1 is 1.23 bits per heavy atom. The lowest BCUT2D eigenvalue weighted by atomic mass is 9.95. The van der Waals surface area contributed by atoms with Gasteiger partial charge in [-0.3, -0.25) is 9.59 Å². The number of benzene rings is 1. The number of nitrogens with two attached hydrogens (primary N) is 1. The summed E-state index contributed by atoms with van der Waals surface area (Å²) in [5, 5.41) is 5.75. The van der Waals surface area contributed by atoms with Gasteiger partial charge in [-0.05, 0) is 49.9 Å². The van der Waals surface area contributed by atoms with Crippen molar-refractivity contribution in [1.29, 1.82) is 0 Å². The van der Waals surface area contributed by atoms with E-state index in [2.05, 4.69) is 10.6 Å². The van der Waals surface area contributed by atoms with Crippen LogP contribution in [0.5, 0.6) is 0 Å². The molecule has 1 fully saturated rings. The third kappa shape index (κ3) is 4.21. The average molecular weight is 326 g/mol. The third-order valence-corrected chi connectivity index (χ3v) is 4.20. The molecule has 0 unspecified atom stereocenters. The molecule has 4 N–H and O–H groups in total. The van der Waals surface area contributed by atoms with Crippen LogP contribution in [0.25, 0.3) is 0 Å². The lowest BCUT2D eigenvalue weighted by Crippen LogP contribution is -2.30. The second kappa shape index (κ2) is 8.15. The number of rotatable bonds is 4. The molecule has 0 spiro atoms. The van der Waals surface area contributed by atoms with E-state index in [1.54, 1.807) is 0 Å². The SMILES string of the molecule is CC(=O)Nc1cccc(NC(=O)[C@@H]2CCC[C@@H]2CN)c1C.Cl. The van der Waals surface area contributed by atoms with Gasteiger partial charge in [-0.15, -0.1) is 12.4 Å². The molecule has 22 heavy (non-hydrogen) atoms. The van der Waals surface area contributed by atoms with Gasteiger partial charge in [-0.2, -0.15) is 0 Å². The first-order valence-electron chi connectivity index (χ1n) is 7.41. The van der Waals surface area contributed by atoms with Gasteiger partial charge in [0.05, 0.1) is 0 Å². The maximum Gasteiger partial charge on any atom is 0.227 e. The lowest BCUT2D eigenvalue weighted by molar-refractivity contribution is -0.120. The highest BCUT2D eigenvalue weighted by molar-refractivity contribution is 5.96. The van der Waals surface area contributed by atoms with Crippen LogP contribution in [0.3, 0.4) is 0 Å². The van der Waals surface area contributed by atoms with E-state index < -0.39 is 0 Å². The molecule has 5 nitrogen and oxygen atoms in total. The van der Waals surface area contributed by atoms with Crippen molar-refractivity contribution in [3.8, 4) is 0 Å². The molecule has 0 bridgehead atoms. The first-order chi connectivity index (χ1) is 10.0. The van der Waals surface area contributed by atoms with Gasteiger partial charge in [-0.1, -0.05) is 12.5 Å². The molecule has 1 saturated carbocycles. The van der Waals surface area contributed by atoms with Crippen LogP contribution >= 0.6 is 12.4 Å². The normalized spacial score (nSPS) is 20.1. The minimum Gasteiger partial charge on any atom is -0.330 e. The summed E-state index contributed by atoms with van der Waals surface area (Å²) in [5.41, 5.74) is 8.07. The molecule has 0 radical (unpaired) electrons. The van der Waals surface area contributed by atoms with Crippen LogP contribution in [0.15, 0.2) is 18.2 Å². The molecule has 1 aromatic carbocycles. The van der Waals surface area contributed by atoms with Crippen molar-refractivity contribution >= 4 is 35.6 Å². The van der Waals surface area contributed by atoms with Crippen LogP contribution in [-0.2, 0) is 9.59 Å². The van der Waals surface area contributed by atoms with E-state index in [1.165, 1.54) is 6.92 Å². The van der Waals surface area contributed by atoms with Crippen molar-refractivity contribution in [2.75, 3.05) is 17.2 Å². The predicted octanol–water partition coefficient (Wildman–Crippen LogP) is 2.69. The van der Waals surface area contributed by atoms with Crippen LogP contribution in [0.2, 0.25) is 0 Å². The van der Waals surface area contributed by atoms with E-state index in [9.17, 15) is 9.59 Å². The second-order valence-corrected chi connectivity index (χ2v) is 5.68. The van der Waals surface area contributed by atoms with Crippen LogP contribution in [0, 0.1) is 18.8 Å². The largest absolute Gasteiger partial charge is 0.330 e. The van der Waals surface area contributed by atoms with Gasteiger partial charge in [0, 0.05) is 24.2 Å². The second-order valence-electron chi connectivity index (χ2n) is 5.68. The fourth-order valence-corrected chi connectivity index (χ4v) is 2.99. The topological polar surface area (TPSA) is 84.2 Å². The molecule has 122 valence electrons. The molecule has 1 aliphatic rings. The summed E-state index contributed by atoms with van der Waals surface area (Å²) >= 11 is 0. The summed E-state index contributed by atoms with van der Waals surface area (Å²) in [7, 11) is 0. The predicted molar refractivity (Wildman–Crippen MR) is 91.2 cm³/mol. The van der Waals surface area contributed by atoms with E-state index in [-0.39, 0.29) is 36.1 Å². The molecule has 2 amide bonds. The van der Waals surface area contributed by atoms with Gasteiger partial charge >= 0.3 is 0 Å².